The summed E-state index contributed by atoms with van der Waals surface area (Å²) in [7, 11) is 0. The fourth-order valence-electron chi connectivity index (χ4n) is 4.30. The number of aldehydes is 1. The first-order valence-corrected chi connectivity index (χ1v) is 10.1. The largest absolute Gasteiger partial charge is 0.394 e. The normalized spacial score (nSPS) is 45.5. The molecule has 15 heteroatoms. The van der Waals surface area contributed by atoms with E-state index in [0.29, 0.717) is 0 Å². The fourth-order valence-corrected chi connectivity index (χ4v) is 4.30. The van der Waals surface area contributed by atoms with Crippen LogP contribution in [-0.2, 0) is 14.3 Å². The zero-order valence-corrected chi connectivity index (χ0v) is 17.5. The maximum Gasteiger partial charge on any atom is 0.182 e. The third kappa shape index (κ3) is 4.43. The zero-order chi connectivity index (χ0) is 25.5. The van der Waals surface area contributed by atoms with E-state index in [1.54, 1.807) is 0 Å². The first kappa shape index (κ1) is 28.3. The number of rotatable bonds is 8. The van der Waals surface area contributed by atoms with E-state index in [1.807, 2.05) is 0 Å². The molecule has 0 aromatic carbocycles. The molecule has 0 saturated carbocycles. The SMILES string of the molecule is C[C@@H]1O[C@@H]([C@](O)(C=O)[C@@](O)([C@H](O)[C@H](O)CO)[C@@H]2O[C@H](CO)[C@@H](O)[C@H](O)[C@H]2O)[C@H](O)[C@H](O)[C@H]1O. The summed E-state index contributed by atoms with van der Waals surface area (Å²) >= 11 is 0. The smallest absolute Gasteiger partial charge is 0.182 e. The first-order valence-electron chi connectivity index (χ1n) is 10.1. The minimum absolute atomic E-state index is 0.452. The Kier molecular flexibility index (Phi) is 8.92. The van der Waals surface area contributed by atoms with Gasteiger partial charge in [0.2, 0.25) is 0 Å². The maximum absolute atomic E-state index is 12.2. The van der Waals surface area contributed by atoms with Crippen molar-refractivity contribution in [2.45, 2.75) is 91.4 Å². The van der Waals surface area contributed by atoms with E-state index >= 15 is 0 Å². The van der Waals surface area contributed by atoms with Crippen molar-refractivity contribution in [3.8, 4) is 0 Å². The molecule has 15 nitrogen and oxygen atoms in total. The minimum Gasteiger partial charge on any atom is -0.394 e. The van der Waals surface area contributed by atoms with Crippen molar-refractivity contribution in [2.24, 2.45) is 0 Å². The molecule has 0 aromatic heterocycles. The van der Waals surface area contributed by atoms with Crippen molar-refractivity contribution in [1.29, 1.82) is 0 Å². The highest BCUT2D eigenvalue weighted by atomic mass is 16.6. The van der Waals surface area contributed by atoms with Gasteiger partial charge in [0.25, 0.3) is 0 Å². The summed E-state index contributed by atoms with van der Waals surface area (Å²) in [5.41, 5.74) is -7.19. The van der Waals surface area contributed by atoms with E-state index in [2.05, 4.69) is 0 Å². The van der Waals surface area contributed by atoms with Gasteiger partial charge in [0.1, 0.15) is 67.1 Å². The maximum atomic E-state index is 12.2. The molecule has 0 radical (unpaired) electrons. The van der Waals surface area contributed by atoms with Gasteiger partial charge in [-0.05, 0) is 6.92 Å². The molecular formula is C18H32O15. The zero-order valence-electron chi connectivity index (χ0n) is 17.5. The van der Waals surface area contributed by atoms with Gasteiger partial charge in [-0.25, -0.2) is 0 Å². The van der Waals surface area contributed by atoms with Gasteiger partial charge in [0.05, 0.1) is 19.3 Å². The molecule has 2 aliphatic heterocycles. The molecular weight excluding hydrogens is 456 g/mol. The van der Waals surface area contributed by atoms with Gasteiger partial charge < -0.3 is 70.8 Å². The Balaban J connectivity index is 2.69. The Labute approximate surface area is 187 Å². The van der Waals surface area contributed by atoms with Crippen LogP contribution in [0.5, 0.6) is 0 Å². The molecule has 2 rings (SSSR count). The number of aliphatic hydroxyl groups excluding tert-OH is 10. The summed E-state index contributed by atoms with van der Waals surface area (Å²) in [5.74, 6) is 0. The molecule has 2 saturated heterocycles. The molecule has 0 unspecified atom stereocenters. The van der Waals surface area contributed by atoms with E-state index in [1.165, 1.54) is 6.92 Å². The summed E-state index contributed by atoms with van der Waals surface area (Å²) in [6, 6.07) is 0. The number of hydrogen-bond acceptors (Lipinski definition) is 15. The molecule has 14 atom stereocenters. The number of hydrogen-bond donors (Lipinski definition) is 12. The van der Waals surface area contributed by atoms with Gasteiger partial charge in [-0.3, -0.25) is 4.79 Å². The van der Waals surface area contributed by atoms with Crippen LogP contribution in [0.4, 0.5) is 0 Å². The Hall–Kier alpha value is -0.890. The number of carbonyl (C=O) groups excluding carboxylic acids is 1. The third-order valence-corrected chi connectivity index (χ3v) is 6.44. The summed E-state index contributed by atoms with van der Waals surface area (Å²) < 4.78 is 10.4. The molecule has 12 N–H and O–H groups in total. The predicted octanol–water partition coefficient (Wildman–Crippen LogP) is -7.93. The Morgan fingerprint density at radius 1 is 0.818 bits per heavy atom. The molecule has 33 heavy (non-hydrogen) atoms. The topological polar surface area (TPSA) is 278 Å². The average Bonchev–Trinajstić information content (AvgIpc) is 2.81. The van der Waals surface area contributed by atoms with Crippen LogP contribution < -0.4 is 0 Å². The van der Waals surface area contributed by atoms with Crippen LogP contribution in [0.2, 0.25) is 0 Å². The van der Waals surface area contributed by atoms with E-state index in [9.17, 15) is 66.1 Å². The van der Waals surface area contributed by atoms with Crippen molar-refractivity contribution < 1.29 is 75.5 Å². The highest BCUT2D eigenvalue weighted by Crippen LogP contribution is 2.43. The molecule has 0 spiro atoms. The fraction of sp³-hybridized carbons (Fsp3) is 0.944. The van der Waals surface area contributed by atoms with E-state index in [0.717, 1.165) is 0 Å². The van der Waals surface area contributed by atoms with Gasteiger partial charge in [0.15, 0.2) is 17.5 Å². The van der Waals surface area contributed by atoms with Crippen molar-refractivity contribution >= 4 is 6.29 Å². The van der Waals surface area contributed by atoms with Crippen molar-refractivity contribution in [1.82, 2.24) is 0 Å². The molecule has 0 aromatic rings. The lowest BCUT2D eigenvalue weighted by Crippen LogP contribution is -2.82. The third-order valence-electron chi connectivity index (χ3n) is 6.44. The Bertz CT molecular complexity index is 665. The minimum atomic E-state index is -3.63. The predicted molar refractivity (Wildman–Crippen MR) is 101 cm³/mol. The van der Waals surface area contributed by atoms with Crippen LogP contribution in [-0.4, -0.2) is 165 Å². The van der Waals surface area contributed by atoms with Crippen LogP contribution in [0.15, 0.2) is 0 Å². The van der Waals surface area contributed by atoms with Crippen LogP contribution in [0, 0.1) is 0 Å². The standard InChI is InChI=1S/C18H32O15/c1-5-8(23)10(25)12(27)15(32-5)17(30,4-21)18(31,14(29)6(22)2-19)16-13(28)11(26)9(24)7(3-20)33-16/h4-16,19-20,22-31H,2-3H2,1H3/t5-,6+,7+,8-,9+,10+,11-,12+,13+,14+,15+,16+,17+,18+/m0/s1. The van der Waals surface area contributed by atoms with E-state index in [-0.39, 0.29) is 0 Å². The summed E-state index contributed by atoms with van der Waals surface area (Å²) in [6.45, 7) is -1.11. The molecule has 194 valence electrons. The molecule has 2 aliphatic rings. The molecule has 0 bridgehead atoms. The van der Waals surface area contributed by atoms with Crippen LogP contribution in [0.3, 0.4) is 0 Å². The monoisotopic (exact) mass is 488 g/mol. The van der Waals surface area contributed by atoms with Crippen molar-refractivity contribution in [3.63, 3.8) is 0 Å². The number of carbonyl (C=O) groups is 1. The second-order valence-corrected chi connectivity index (χ2v) is 8.45. The second kappa shape index (κ2) is 10.4. The van der Waals surface area contributed by atoms with Gasteiger partial charge in [-0.15, -0.1) is 0 Å². The highest BCUT2D eigenvalue weighted by molar-refractivity contribution is 5.67. The van der Waals surface area contributed by atoms with Crippen molar-refractivity contribution in [2.75, 3.05) is 13.2 Å². The first-order chi connectivity index (χ1) is 15.2. The quantitative estimate of drug-likeness (QED) is 0.141. The number of aliphatic hydroxyl groups is 12. The highest BCUT2D eigenvalue weighted by Gasteiger charge is 2.70. The average molecular weight is 488 g/mol. The molecule has 2 heterocycles. The number of ether oxygens (including phenoxy) is 2. The van der Waals surface area contributed by atoms with Crippen LogP contribution >= 0.6 is 0 Å². The summed E-state index contributed by atoms with van der Waals surface area (Å²) in [5, 5.41) is 123. The van der Waals surface area contributed by atoms with E-state index in [4.69, 9.17) is 9.47 Å². The van der Waals surface area contributed by atoms with E-state index < -0.39 is 104 Å². The molecule has 2 fully saturated rings. The lowest BCUT2D eigenvalue weighted by Gasteiger charge is -2.56. The van der Waals surface area contributed by atoms with Crippen LogP contribution in [0.1, 0.15) is 6.92 Å². The van der Waals surface area contributed by atoms with Gasteiger partial charge >= 0.3 is 0 Å². The Morgan fingerprint density at radius 2 is 1.33 bits per heavy atom. The van der Waals surface area contributed by atoms with Crippen molar-refractivity contribution in [3.05, 3.63) is 0 Å². The van der Waals surface area contributed by atoms with Crippen LogP contribution in [0.25, 0.3) is 0 Å². The second-order valence-electron chi connectivity index (χ2n) is 8.45. The summed E-state index contributed by atoms with van der Waals surface area (Å²) in [4.78, 5) is 12.2. The molecule has 0 amide bonds. The van der Waals surface area contributed by atoms with Gasteiger partial charge in [-0.2, -0.15) is 0 Å². The summed E-state index contributed by atoms with van der Waals surface area (Å²) in [6.07, 6.45) is -25.9. The lowest BCUT2D eigenvalue weighted by molar-refractivity contribution is -0.350. The Morgan fingerprint density at radius 3 is 1.82 bits per heavy atom. The van der Waals surface area contributed by atoms with Gasteiger partial charge in [0, 0.05) is 0 Å². The molecule has 0 aliphatic carbocycles. The lowest BCUT2D eigenvalue weighted by atomic mass is 9.66. The van der Waals surface area contributed by atoms with Gasteiger partial charge in [-0.1, -0.05) is 0 Å².